The molecule has 0 amide bonds. The molecule has 1 aromatic heterocycles. The molecule has 0 unspecified atom stereocenters. The van der Waals surface area contributed by atoms with Crippen molar-refractivity contribution in [1.82, 2.24) is 10.3 Å². The average molecular weight is 313 g/mol. The van der Waals surface area contributed by atoms with Crippen LogP contribution in [-0.4, -0.2) is 23.1 Å². The molecule has 1 heterocycles. The number of carbonyl (C=O) groups excluding carboxylic acids is 2. The number of benzene rings is 1. The number of carbonyl (C=O) groups is 2. The van der Waals surface area contributed by atoms with Gasteiger partial charge in [-0.1, -0.05) is 23.7 Å². The molecule has 0 bridgehead atoms. The number of nitrogens with zero attached hydrogens (tertiary/aromatic N) is 1. The predicted octanol–water partition coefficient (Wildman–Crippen LogP) is 2.83. The van der Waals surface area contributed by atoms with Crippen LogP contribution in [0.4, 0.5) is 0 Å². The Hall–Kier alpha value is -2.46. The van der Waals surface area contributed by atoms with Gasteiger partial charge in [0.15, 0.2) is 5.78 Å². The third kappa shape index (κ3) is 2.92. The molecule has 0 saturated carbocycles. The largest absolute Gasteiger partial charge is 0.381 e. The smallest absolute Gasteiger partial charge is 0.228 e. The minimum Gasteiger partial charge on any atom is -0.381 e. The number of pyridine rings is 1. The zero-order valence-electron chi connectivity index (χ0n) is 11.7. The zero-order valence-corrected chi connectivity index (χ0v) is 12.4. The molecule has 1 aliphatic rings. The summed E-state index contributed by atoms with van der Waals surface area (Å²) in [5.74, 6) is -0.450. The standard InChI is InChI=1S/C17H13ClN2O2/c18-12-4-1-3-11(9-12)6-8-19-14-10-15(21)13-5-2-7-20-16(13)17(14)22/h1-5,7,9-10,19H,6,8H2. The summed E-state index contributed by atoms with van der Waals surface area (Å²) in [6.07, 6.45) is 3.55. The van der Waals surface area contributed by atoms with Crippen LogP contribution in [0.2, 0.25) is 5.02 Å². The highest BCUT2D eigenvalue weighted by Crippen LogP contribution is 2.17. The van der Waals surface area contributed by atoms with E-state index in [0.717, 1.165) is 5.56 Å². The van der Waals surface area contributed by atoms with Crippen molar-refractivity contribution < 1.29 is 9.59 Å². The van der Waals surface area contributed by atoms with Gasteiger partial charge in [-0.05, 0) is 36.2 Å². The fraction of sp³-hybridized carbons (Fsp3) is 0.118. The van der Waals surface area contributed by atoms with E-state index in [4.69, 9.17) is 11.6 Å². The van der Waals surface area contributed by atoms with Crippen molar-refractivity contribution >= 4 is 23.2 Å². The second kappa shape index (κ2) is 6.12. The van der Waals surface area contributed by atoms with Crippen molar-refractivity contribution in [1.29, 1.82) is 0 Å². The lowest BCUT2D eigenvalue weighted by Crippen LogP contribution is -2.29. The number of allylic oxidation sites excluding steroid dienone is 2. The molecule has 1 aliphatic carbocycles. The lowest BCUT2D eigenvalue weighted by molar-refractivity contribution is 0.0974. The van der Waals surface area contributed by atoms with Gasteiger partial charge in [-0.15, -0.1) is 0 Å². The van der Waals surface area contributed by atoms with Crippen molar-refractivity contribution in [2.45, 2.75) is 6.42 Å². The molecule has 3 rings (SSSR count). The summed E-state index contributed by atoms with van der Waals surface area (Å²) in [7, 11) is 0. The number of fused-ring (bicyclic) bond motifs is 1. The SMILES string of the molecule is O=C1C=C(NCCc2cccc(Cl)c2)C(=O)c2ncccc21. The zero-order chi connectivity index (χ0) is 15.5. The lowest BCUT2D eigenvalue weighted by atomic mass is 9.97. The van der Waals surface area contributed by atoms with Crippen LogP contribution in [0.5, 0.6) is 0 Å². The van der Waals surface area contributed by atoms with E-state index in [9.17, 15) is 9.59 Å². The predicted molar refractivity (Wildman–Crippen MR) is 84.1 cm³/mol. The Bertz CT molecular complexity index is 784. The van der Waals surface area contributed by atoms with E-state index in [1.54, 1.807) is 12.1 Å². The van der Waals surface area contributed by atoms with E-state index >= 15 is 0 Å². The summed E-state index contributed by atoms with van der Waals surface area (Å²) >= 11 is 5.93. The van der Waals surface area contributed by atoms with Crippen LogP contribution in [0, 0.1) is 0 Å². The van der Waals surface area contributed by atoms with E-state index in [1.807, 2.05) is 24.3 Å². The molecule has 5 heteroatoms. The van der Waals surface area contributed by atoms with Crippen molar-refractivity contribution in [3.8, 4) is 0 Å². The molecule has 0 fully saturated rings. The first kappa shape index (κ1) is 14.5. The number of ketones is 2. The Kier molecular flexibility index (Phi) is 4.02. The van der Waals surface area contributed by atoms with Crippen LogP contribution in [0.1, 0.15) is 26.4 Å². The highest BCUT2D eigenvalue weighted by Gasteiger charge is 2.26. The molecular weight excluding hydrogens is 300 g/mol. The minimum atomic E-state index is -0.249. The monoisotopic (exact) mass is 312 g/mol. The maximum Gasteiger partial charge on any atom is 0.228 e. The Balaban J connectivity index is 1.69. The van der Waals surface area contributed by atoms with Crippen molar-refractivity contribution in [2.24, 2.45) is 0 Å². The van der Waals surface area contributed by atoms with Gasteiger partial charge in [0.05, 0.1) is 11.3 Å². The first-order chi connectivity index (χ1) is 10.6. The van der Waals surface area contributed by atoms with Gasteiger partial charge < -0.3 is 5.32 Å². The van der Waals surface area contributed by atoms with Gasteiger partial charge >= 0.3 is 0 Å². The van der Waals surface area contributed by atoms with Crippen LogP contribution in [0.15, 0.2) is 54.4 Å². The molecule has 2 aromatic rings. The fourth-order valence-electron chi connectivity index (χ4n) is 2.35. The Morgan fingerprint density at radius 1 is 1.14 bits per heavy atom. The van der Waals surface area contributed by atoms with Gasteiger partial charge in [-0.25, -0.2) is 0 Å². The van der Waals surface area contributed by atoms with Crippen molar-refractivity contribution in [2.75, 3.05) is 6.54 Å². The third-order valence-corrected chi connectivity index (χ3v) is 3.66. The van der Waals surface area contributed by atoms with E-state index in [0.29, 0.717) is 29.2 Å². The molecule has 4 nitrogen and oxygen atoms in total. The van der Waals surface area contributed by atoms with Crippen molar-refractivity contribution in [3.05, 3.63) is 76.2 Å². The van der Waals surface area contributed by atoms with Gasteiger partial charge in [0.25, 0.3) is 0 Å². The van der Waals surface area contributed by atoms with Crippen LogP contribution in [0.25, 0.3) is 0 Å². The molecular formula is C17H13ClN2O2. The second-order valence-corrected chi connectivity index (χ2v) is 5.39. The number of rotatable bonds is 4. The highest BCUT2D eigenvalue weighted by molar-refractivity contribution is 6.30. The van der Waals surface area contributed by atoms with Crippen LogP contribution in [-0.2, 0) is 6.42 Å². The topological polar surface area (TPSA) is 59.1 Å². The molecule has 22 heavy (non-hydrogen) atoms. The summed E-state index contributed by atoms with van der Waals surface area (Å²) in [5.41, 5.74) is 1.92. The molecule has 0 saturated heterocycles. The number of halogens is 1. The Labute approximate surface area is 132 Å². The summed E-state index contributed by atoms with van der Waals surface area (Å²) in [6, 6.07) is 10.8. The third-order valence-electron chi connectivity index (χ3n) is 3.43. The number of aromatic nitrogens is 1. The van der Waals surface area contributed by atoms with E-state index in [1.165, 1.54) is 12.3 Å². The normalized spacial score (nSPS) is 13.6. The first-order valence-electron chi connectivity index (χ1n) is 6.89. The quantitative estimate of drug-likeness (QED) is 0.943. The average Bonchev–Trinajstić information content (AvgIpc) is 2.52. The van der Waals surface area contributed by atoms with Gasteiger partial charge in [-0.2, -0.15) is 0 Å². The molecule has 1 aromatic carbocycles. The Morgan fingerprint density at radius 2 is 2.00 bits per heavy atom. The summed E-state index contributed by atoms with van der Waals surface area (Å²) in [5, 5.41) is 3.70. The summed E-state index contributed by atoms with van der Waals surface area (Å²) < 4.78 is 0. The highest BCUT2D eigenvalue weighted by atomic mass is 35.5. The van der Waals surface area contributed by atoms with Gasteiger partial charge in [0.1, 0.15) is 5.69 Å². The molecule has 0 aliphatic heterocycles. The molecule has 110 valence electrons. The molecule has 0 spiro atoms. The van der Waals surface area contributed by atoms with Gasteiger partial charge in [0.2, 0.25) is 5.78 Å². The molecule has 0 atom stereocenters. The lowest BCUT2D eigenvalue weighted by Gasteiger charge is -2.15. The maximum absolute atomic E-state index is 12.3. The minimum absolute atomic E-state index is 0.201. The maximum atomic E-state index is 12.3. The fourth-order valence-corrected chi connectivity index (χ4v) is 2.57. The second-order valence-electron chi connectivity index (χ2n) is 4.96. The van der Waals surface area contributed by atoms with Crippen molar-refractivity contribution in [3.63, 3.8) is 0 Å². The number of Topliss-reactive ketones (excluding diaryl/α,β-unsaturated/α-hetero) is 1. The molecule has 0 radical (unpaired) electrons. The van der Waals surface area contributed by atoms with Gasteiger partial charge in [-0.3, -0.25) is 14.6 Å². The number of nitrogens with one attached hydrogen (secondary N) is 1. The Morgan fingerprint density at radius 3 is 2.82 bits per heavy atom. The summed E-state index contributed by atoms with van der Waals surface area (Å²) in [6.45, 7) is 0.535. The van der Waals surface area contributed by atoms with E-state index in [-0.39, 0.29) is 17.3 Å². The number of hydrogen-bond acceptors (Lipinski definition) is 4. The van der Waals surface area contributed by atoms with E-state index in [2.05, 4.69) is 10.3 Å². The first-order valence-corrected chi connectivity index (χ1v) is 7.27. The van der Waals surface area contributed by atoms with Crippen LogP contribution < -0.4 is 5.32 Å². The van der Waals surface area contributed by atoms with E-state index < -0.39 is 0 Å². The molecule has 1 N–H and O–H groups in total. The summed E-state index contributed by atoms with van der Waals surface area (Å²) in [4.78, 5) is 28.3. The van der Waals surface area contributed by atoms with Crippen LogP contribution >= 0.6 is 11.6 Å². The van der Waals surface area contributed by atoms with Crippen LogP contribution in [0.3, 0.4) is 0 Å². The van der Waals surface area contributed by atoms with Gasteiger partial charge in [0, 0.05) is 23.8 Å². The number of hydrogen-bond donors (Lipinski definition) is 1.